The lowest BCUT2D eigenvalue weighted by molar-refractivity contribution is -0.144. The van der Waals surface area contributed by atoms with Crippen LogP contribution in [-0.2, 0) is 37.3 Å². The lowest BCUT2D eigenvalue weighted by Gasteiger charge is -2.27. The number of benzene rings is 4. The third-order valence-corrected chi connectivity index (χ3v) is 34.9. The Kier molecular flexibility index (Phi) is 88.3. The van der Waals surface area contributed by atoms with Crippen LogP contribution in [0, 0.1) is 0 Å². The molecule has 0 fully saturated rings. The van der Waals surface area contributed by atoms with Gasteiger partial charge in [-0.3, -0.25) is 9.59 Å². The van der Waals surface area contributed by atoms with Crippen molar-refractivity contribution < 1.29 is 37.2 Å². The molecule has 788 valence electrons. The summed E-state index contributed by atoms with van der Waals surface area (Å²) >= 11 is 3.75. The molecule has 8 nitrogen and oxygen atoms in total. The molecule has 12 heteroatoms. The van der Waals surface area contributed by atoms with Gasteiger partial charge in [-0.1, -0.05) is 590 Å². The van der Waals surface area contributed by atoms with Crippen molar-refractivity contribution in [2.45, 2.75) is 612 Å². The molecule has 137 heavy (non-hydrogen) atoms. The van der Waals surface area contributed by atoms with E-state index in [1.807, 2.05) is 22.8 Å². The highest BCUT2D eigenvalue weighted by molar-refractivity contribution is 8.53. The van der Waals surface area contributed by atoms with Gasteiger partial charge in [0.2, 0.25) is 0 Å². The summed E-state index contributed by atoms with van der Waals surface area (Å²) in [5.74, 6) is 5.76. The van der Waals surface area contributed by atoms with Gasteiger partial charge < -0.3 is 27.6 Å². The number of carbonyl (C=O) groups is 2. The van der Waals surface area contributed by atoms with E-state index in [9.17, 15) is 9.59 Å². The Morgan fingerprint density at radius 2 is 0.423 bits per heavy atom. The summed E-state index contributed by atoms with van der Waals surface area (Å²) in [4.78, 5) is 24.7. The molecule has 0 amide bonds. The molecular weight excluding hydrogens is 1760 g/mol. The van der Waals surface area contributed by atoms with Crippen molar-refractivity contribution in [2.24, 2.45) is 0 Å². The molecule has 0 bridgehead atoms. The number of carbonyl (C=O) groups excluding carboxylic acids is 2. The Hall–Kier alpha value is -3.42. The van der Waals surface area contributed by atoms with Crippen molar-refractivity contribution in [2.75, 3.05) is 24.7 Å². The lowest BCUT2D eigenvalue weighted by atomic mass is 9.78. The lowest BCUT2D eigenvalue weighted by Crippen LogP contribution is -2.18. The van der Waals surface area contributed by atoms with Crippen LogP contribution in [-0.4, -0.2) is 36.7 Å². The molecule has 4 rings (SSSR count). The summed E-state index contributed by atoms with van der Waals surface area (Å²) < 4.78 is 39.2. The Morgan fingerprint density at radius 1 is 0.226 bits per heavy atom. The first-order chi connectivity index (χ1) is 67.7. The first kappa shape index (κ1) is 126. The highest BCUT2D eigenvalue weighted by atomic mass is 32.7. The number of aryl methyl sites for hydroxylation is 2. The van der Waals surface area contributed by atoms with E-state index in [0.717, 1.165) is 85.9 Å². The van der Waals surface area contributed by atoms with Crippen molar-refractivity contribution in [1.29, 1.82) is 0 Å². The van der Waals surface area contributed by atoms with Gasteiger partial charge in [0.05, 0.1) is 13.2 Å². The molecule has 0 aliphatic carbocycles. The third kappa shape index (κ3) is 75.9. The normalized spacial score (nSPS) is 12.1. The molecule has 0 aromatic heterocycles. The van der Waals surface area contributed by atoms with E-state index in [1.54, 1.807) is 0 Å². The minimum atomic E-state index is -1.29. The second-order valence-electron chi connectivity index (χ2n) is 42.1. The second-order valence-corrected chi connectivity index (χ2v) is 48.4. The number of hydrogen-bond donors (Lipinski definition) is 0. The number of para-hydroxylation sites is 2. The maximum Gasteiger partial charge on any atom is 0.360 e. The fourth-order valence-electron chi connectivity index (χ4n) is 19.5. The second kappa shape index (κ2) is 96.1. The van der Waals surface area contributed by atoms with E-state index in [4.69, 9.17) is 27.6 Å². The van der Waals surface area contributed by atoms with Crippen molar-refractivity contribution in [3.8, 4) is 23.0 Å². The zero-order valence-corrected chi connectivity index (χ0v) is 94.2. The molecule has 0 aliphatic rings. The summed E-state index contributed by atoms with van der Waals surface area (Å²) in [6.07, 6.45) is 115. The van der Waals surface area contributed by atoms with Crippen LogP contribution >= 0.6 is 37.9 Å². The topological polar surface area (TPSA) is 89.5 Å². The van der Waals surface area contributed by atoms with Crippen LogP contribution in [0.25, 0.3) is 0 Å². The largest absolute Gasteiger partial charge is 0.466 e. The fraction of sp³-hybridized carbons (Fsp3) is 0.792. The van der Waals surface area contributed by atoms with Gasteiger partial charge in [-0.05, 0) is 146 Å². The van der Waals surface area contributed by atoms with Gasteiger partial charge in [0.25, 0.3) is 0 Å². The highest BCUT2D eigenvalue weighted by Crippen LogP contribution is 2.55. The smallest absolute Gasteiger partial charge is 0.360 e. The zero-order chi connectivity index (χ0) is 97.5. The molecule has 4 aromatic rings. The van der Waals surface area contributed by atoms with Crippen molar-refractivity contribution in [1.82, 2.24) is 0 Å². The van der Waals surface area contributed by atoms with Crippen molar-refractivity contribution >= 4 is 49.9 Å². The molecule has 4 aromatic carbocycles. The molecular formula is C125H218O8P2S2. The van der Waals surface area contributed by atoms with Gasteiger partial charge in [-0.25, -0.2) is 0 Å². The Morgan fingerprint density at radius 3 is 0.657 bits per heavy atom. The van der Waals surface area contributed by atoms with Crippen LogP contribution in [0.2, 0.25) is 0 Å². The van der Waals surface area contributed by atoms with E-state index in [1.165, 1.54) is 523 Å². The van der Waals surface area contributed by atoms with Gasteiger partial charge >= 0.3 is 27.1 Å². The van der Waals surface area contributed by atoms with E-state index in [0.29, 0.717) is 26.1 Å². The molecule has 2 atom stereocenters. The average molecular weight is 1980 g/mol. The van der Waals surface area contributed by atoms with Crippen LogP contribution in [0.3, 0.4) is 0 Å². The van der Waals surface area contributed by atoms with Crippen LogP contribution in [0.5, 0.6) is 23.0 Å². The first-order valence-electron chi connectivity index (χ1n) is 59.9. The van der Waals surface area contributed by atoms with Gasteiger partial charge in [-0.15, -0.1) is 0 Å². The zero-order valence-electron chi connectivity index (χ0n) is 90.8. The van der Waals surface area contributed by atoms with E-state index in [2.05, 4.69) is 139 Å². The molecule has 0 saturated carbocycles. The minimum Gasteiger partial charge on any atom is -0.466 e. The number of ether oxygens (including phenoxy) is 2. The molecule has 0 N–H and O–H groups in total. The quantitative estimate of drug-likeness (QED) is 0.0242. The maximum absolute atomic E-state index is 12.4. The van der Waals surface area contributed by atoms with Crippen LogP contribution in [0.15, 0.2) is 97.1 Å². The highest BCUT2D eigenvalue weighted by Gasteiger charge is 2.26. The SMILES string of the molecule is CCCCCCCCCCCCCCCCOC(=O)CCCCCCCCCCCCCCCCSP(Oc1ccc(C(C)(C)c2ccc(OP(Oc3ccccc3CCCCCCCCCCCCCCCC)SCCCCCCCCCCCCCCCCC(=O)OCCCCCCCCCCCCCCCC)cc2)cc1)Oc1ccccc1CCCCCCCCCCCCCCCC. The minimum absolute atomic E-state index is 0.0121. The standard InChI is InChI=1S/C125H218O8P2S2/c1-7-11-15-19-23-27-31-35-43-51-59-67-75-83-95-115-97-87-89-99-121(115)132-134(136-113-93-81-73-65-57-49-41-39-45-53-61-69-77-85-101-123(126)128-111-91-79-71-63-55-47-37-33-29-25-21-17-13-9-3)130-119-107-103-117(104-108-119)125(5,6)118-105-109-120(110-106-118)131-135(133-122-100-90-88-98-116(122)96-84-76-68-60-52-44-36-32-28-24-20-16-12-8-2)137-114-94-82-74-66-58-50-42-40-46-54-62-70-78-86-102-124(127)129-112-92-80-72-64-56-48-38-34-30-26-22-18-14-10-4/h87-90,97-100,103-110H,7-86,91-96,101-102,111-114H2,1-6H3. The van der Waals surface area contributed by atoms with Crippen LogP contribution < -0.4 is 18.1 Å². The predicted molar refractivity (Wildman–Crippen MR) is 608 cm³/mol. The Balaban J connectivity index is 1.22. The fourth-order valence-corrected chi connectivity index (χ4v) is 25.3. The molecule has 0 heterocycles. The van der Waals surface area contributed by atoms with E-state index >= 15 is 0 Å². The molecule has 0 spiro atoms. The molecule has 2 unspecified atom stereocenters. The summed E-state index contributed by atoms with van der Waals surface area (Å²) in [6, 6.07) is 35.3. The van der Waals surface area contributed by atoms with Gasteiger partial charge in [0.1, 0.15) is 23.0 Å². The van der Waals surface area contributed by atoms with E-state index < -0.39 is 15.2 Å². The maximum atomic E-state index is 12.4. The predicted octanol–water partition coefficient (Wildman–Crippen LogP) is 44.6. The van der Waals surface area contributed by atoms with Crippen LogP contribution in [0.4, 0.5) is 0 Å². The molecule has 0 radical (unpaired) electrons. The van der Waals surface area contributed by atoms with Crippen molar-refractivity contribution in [3.05, 3.63) is 119 Å². The van der Waals surface area contributed by atoms with Gasteiger partial charge in [0.15, 0.2) is 0 Å². The molecule has 0 saturated heterocycles. The summed E-state index contributed by atoms with van der Waals surface area (Å²) in [7, 11) is -2.59. The number of esters is 2. The van der Waals surface area contributed by atoms with E-state index in [-0.39, 0.29) is 17.4 Å². The number of unbranched alkanes of at least 4 members (excludes halogenated alkanes) is 78. The first-order valence-corrected chi connectivity index (χ1v) is 65.5. The Labute approximate surface area is 860 Å². The monoisotopic (exact) mass is 1970 g/mol. The Bertz CT molecular complexity index is 3010. The summed E-state index contributed by atoms with van der Waals surface area (Å²) in [5.41, 5.74) is 4.82. The van der Waals surface area contributed by atoms with Gasteiger partial charge in [0, 0.05) is 29.8 Å². The van der Waals surface area contributed by atoms with Crippen molar-refractivity contribution in [3.63, 3.8) is 0 Å². The third-order valence-electron chi connectivity index (χ3n) is 28.9. The van der Waals surface area contributed by atoms with Crippen LogP contribution in [0.1, 0.15) is 616 Å². The summed E-state index contributed by atoms with van der Waals surface area (Å²) in [6.45, 7) is 15.1. The average Bonchev–Trinajstić information content (AvgIpc) is 0.798. The number of rotatable bonds is 106. The molecule has 0 aliphatic heterocycles. The number of hydrogen-bond acceptors (Lipinski definition) is 10. The van der Waals surface area contributed by atoms with Gasteiger partial charge in [-0.2, -0.15) is 0 Å². The summed E-state index contributed by atoms with van der Waals surface area (Å²) in [5, 5.41) is 0.